The maximum absolute atomic E-state index is 12.6. The van der Waals surface area contributed by atoms with Gasteiger partial charge in [-0.3, -0.25) is 9.78 Å². The number of sulfonamides is 2. The highest BCUT2D eigenvalue weighted by Gasteiger charge is 2.42. The first kappa shape index (κ1) is 19.5. The second-order valence-corrected chi connectivity index (χ2v) is 9.98. The van der Waals surface area contributed by atoms with E-state index in [1.165, 1.54) is 18.2 Å². The predicted molar refractivity (Wildman–Crippen MR) is 99.9 cm³/mol. The number of pyridine rings is 1. The Morgan fingerprint density at radius 3 is 2.56 bits per heavy atom. The van der Waals surface area contributed by atoms with Crippen molar-refractivity contribution in [1.82, 2.24) is 9.71 Å². The first-order chi connectivity index (χ1) is 12.6. The van der Waals surface area contributed by atoms with Crippen LogP contribution >= 0.6 is 0 Å². The maximum atomic E-state index is 12.6. The van der Waals surface area contributed by atoms with Crippen molar-refractivity contribution in [3.63, 3.8) is 0 Å². The second kappa shape index (κ2) is 7.02. The predicted octanol–water partition coefficient (Wildman–Crippen LogP) is 1.18. The van der Waals surface area contributed by atoms with Crippen LogP contribution in [0.2, 0.25) is 0 Å². The van der Waals surface area contributed by atoms with Crippen LogP contribution in [0, 0.1) is 12.8 Å². The number of hydrogen-bond donors (Lipinski definition) is 1. The molecule has 144 valence electrons. The van der Waals surface area contributed by atoms with E-state index < -0.39 is 31.9 Å². The number of nitrogens with zero attached hydrogens (tertiary/aromatic N) is 2. The molecule has 0 aliphatic carbocycles. The van der Waals surface area contributed by atoms with Crippen LogP contribution in [0.4, 0.5) is 5.69 Å². The molecule has 27 heavy (non-hydrogen) atoms. The van der Waals surface area contributed by atoms with Crippen LogP contribution in [-0.2, 0) is 31.4 Å². The highest BCUT2D eigenvalue weighted by molar-refractivity contribution is 7.94. The van der Waals surface area contributed by atoms with E-state index in [1.54, 1.807) is 38.2 Å². The monoisotopic (exact) mass is 409 g/mol. The Morgan fingerprint density at radius 2 is 2.00 bits per heavy atom. The van der Waals surface area contributed by atoms with E-state index in [-0.39, 0.29) is 22.9 Å². The molecule has 1 atom stereocenters. The average molecular weight is 409 g/mol. The Balaban J connectivity index is 1.87. The third-order valence-electron chi connectivity index (χ3n) is 4.21. The number of benzene rings is 1. The largest absolute Gasteiger partial charge is 0.273 e. The molecule has 1 fully saturated rings. The lowest BCUT2D eigenvalue weighted by Crippen LogP contribution is -2.30. The van der Waals surface area contributed by atoms with Crippen molar-refractivity contribution in [2.45, 2.75) is 25.3 Å². The second-order valence-electron chi connectivity index (χ2n) is 6.38. The summed E-state index contributed by atoms with van der Waals surface area (Å²) in [4.78, 5) is 16.3. The summed E-state index contributed by atoms with van der Waals surface area (Å²) in [5.74, 6) is -1.40. The van der Waals surface area contributed by atoms with Crippen LogP contribution in [0.1, 0.15) is 18.2 Å². The molecular weight excluding hydrogens is 390 g/mol. The summed E-state index contributed by atoms with van der Waals surface area (Å²) in [6.45, 7) is 3.13. The van der Waals surface area contributed by atoms with Gasteiger partial charge in [0.25, 0.3) is 0 Å². The summed E-state index contributed by atoms with van der Waals surface area (Å²) in [6, 6.07) is 9.21. The number of amides is 1. The van der Waals surface area contributed by atoms with Crippen LogP contribution in [0.25, 0.3) is 0 Å². The van der Waals surface area contributed by atoms with Crippen LogP contribution in [0.15, 0.2) is 47.5 Å². The molecule has 0 saturated carbocycles. The molecule has 1 aliphatic heterocycles. The minimum atomic E-state index is -3.83. The van der Waals surface area contributed by atoms with Gasteiger partial charge in [-0.2, -0.15) is 0 Å². The zero-order chi connectivity index (χ0) is 19.8. The number of nitrogens with one attached hydrogen (secondary N) is 1. The van der Waals surface area contributed by atoms with Gasteiger partial charge in [0.15, 0.2) is 0 Å². The van der Waals surface area contributed by atoms with Gasteiger partial charge >= 0.3 is 0 Å². The summed E-state index contributed by atoms with van der Waals surface area (Å²) in [5, 5.41) is 0. The van der Waals surface area contributed by atoms with E-state index in [4.69, 9.17) is 0 Å². The van der Waals surface area contributed by atoms with Crippen molar-refractivity contribution in [3.05, 3.63) is 53.9 Å². The van der Waals surface area contributed by atoms with E-state index in [9.17, 15) is 21.6 Å². The summed E-state index contributed by atoms with van der Waals surface area (Å²) < 4.78 is 52.8. The van der Waals surface area contributed by atoms with Crippen molar-refractivity contribution in [2.75, 3.05) is 10.1 Å². The Morgan fingerprint density at radius 1 is 1.26 bits per heavy atom. The van der Waals surface area contributed by atoms with E-state index in [1.807, 2.05) is 0 Å². The molecule has 1 aliphatic rings. The average Bonchev–Trinajstić information content (AvgIpc) is 2.81. The molecule has 1 aromatic heterocycles. The van der Waals surface area contributed by atoms with Gasteiger partial charge in [0, 0.05) is 6.20 Å². The van der Waals surface area contributed by atoms with Crippen LogP contribution in [-0.4, -0.2) is 33.5 Å². The molecule has 2 heterocycles. The van der Waals surface area contributed by atoms with Gasteiger partial charge in [-0.25, -0.2) is 25.9 Å². The van der Waals surface area contributed by atoms with Crippen LogP contribution in [0.3, 0.4) is 0 Å². The van der Waals surface area contributed by atoms with Crippen LogP contribution < -0.4 is 9.03 Å². The summed E-state index contributed by atoms with van der Waals surface area (Å²) in [6.07, 6.45) is 1.57. The molecule has 10 heteroatoms. The van der Waals surface area contributed by atoms with Gasteiger partial charge in [0.2, 0.25) is 26.0 Å². The normalized spacial score (nSPS) is 19.4. The lowest BCUT2D eigenvalue weighted by atomic mass is 10.2. The van der Waals surface area contributed by atoms with E-state index in [0.29, 0.717) is 11.3 Å². The Kier molecular flexibility index (Phi) is 5.06. The SMILES string of the molecule is Cc1cc(N2C(=O)C(C)CS2(=O)=O)ccc1S(=O)(=O)NCc1ccccn1. The van der Waals surface area contributed by atoms with Gasteiger partial charge < -0.3 is 0 Å². The number of anilines is 1. The number of carbonyl (C=O) groups excluding carboxylic acids is 1. The molecule has 0 bridgehead atoms. The topological polar surface area (TPSA) is 114 Å². The Bertz CT molecular complexity index is 1080. The molecular formula is C17H19N3O5S2. The number of aryl methyl sites for hydroxylation is 1. The third-order valence-corrected chi connectivity index (χ3v) is 7.64. The molecule has 3 rings (SSSR count). The molecule has 1 unspecified atom stereocenters. The zero-order valence-corrected chi connectivity index (χ0v) is 16.4. The highest BCUT2D eigenvalue weighted by Crippen LogP contribution is 2.30. The molecule has 2 aromatic rings. The molecule has 8 nitrogen and oxygen atoms in total. The quantitative estimate of drug-likeness (QED) is 0.793. The number of aromatic nitrogens is 1. The molecule has 0 radical (unpaired) electrons. The van der Waals surface area contributed by atoms with Gasteiger partial charge in [-0.15, -0.1) is 0 Å². The van der Waals surface area contributed by atoms with Gasteiger partial charge in [-0.1, -0.05) is 13.0 Å². The first-order valence-electron chi connectivity index (χ1n) is 8.19. The maximum Gasteiger partial charge on any atom is 0.244 e. The summed E-state index contributed by atoms with van der Waals surface area (Å²) in [7, 11) is -7.56. The summed E-state index contributed by atoms with van der Waals surface area (Å²) in [5.41, 5.74) is 1.05. The minimum Gasteiger partial charge on any atom is -0.273 e. The molecule has 0 spiro atoms. The summed E-state index contributed by atoms with van der Waals surface area (Å²) >= 11 is 0. The van der Waals surface area contributed by atoms with Crippen molar-refractivity contribution in [3.8, 4) is 0 Å². The van der Waals surface area contributed by atoms with Crippen LogP contribution in [0.5, 0.6) is 0 Å². The molecule has 1 aromatic carbocycles. The van der Waals surface area contributed by atoms with E-state index >= 15 is 0 Å². The number of hydrogen-bond acceptors (Lipinski definition) is 6. The highest BCUT2D eigenvalue weighted by atomic mass is 32.2. The van der Waals surface area contributed by atoms with Gasteiger partial charge in [-0.05, 0) is 42.8 Å². The molecule has 1 N–H and O–H groups in total. The fourth-order valence-electron chi connectivity index (χ4n) is 2.90. The fourth-order valence-corrected chi connectivity index (χ4v) is 5.93. The van der Waals surface area contributed by atoms with E-state index in [2.05, 4.69) is 9.71 Å². The van der Waals surface area contributed by atoms with Crippen molar-refractivity contribution < 1.29 is 21.6 Å². The lowest BCUT2D eigenvalue weighted by Gasteiger charge is -2.17. The van der Waals surface area contributed by atoms with Gasteiger partial charge in [0.05, 0.1) is 34.5 Å². The Hall–Kier alpha value is -2.30. The molecule has 1 saturated heterocycles. The Labute approximate surface area is 158 Å². The lowest BCUT2D eigenvalue weighted by molar-refractivity contribution is -0.119. The zero-order valence-electron chi connectivity index (χ0n) is 14.8. The first-order valence-corrected chi connectivity index (χ1v) is 11.3. The van der Waals surface area contributed by atoms with Crippen molar-refractivity contribution in [1.29, 1.82) is 0 Å². The molecule has 1 amide bonds. The minimum absolute atomic E-state index is 0.0132. The van der Waals surface area contributed by atoms with Crippen molar-refractivity contribution >= 4 is 31.6 Å². The van der Waals surface area contributed by atoms with Gasteiger partial charge in [0.1, 0.15) is 0 Å². The van der Waals surface area contributed by atoms with E-state index in [0.717, 1.165) is 4.31 Å². The van der Waals surface area contributed by atoms with Crippen molar-refractivity contribution in [2.24, 2.45) is 5.92 Å². The number of carbonyl (C=O) groups is 1. The third kappa shape index (κ3) is 3.87. The fraction of sp³-hybridized carbons (Fsp3) is 0.294. The smallest absolute Gasteiger partial charge is 0.244 e. The standard InChI is InChI=1S/C17H19N3O5S2/c1-12-9-15(20-17(21)13(2)11-26(20,22)23)6-7-16(12)27(24,25)19-10-14-5-3-4-8-18-14/h3-9,13,19H,10-11H2,1-2H3. The number of rotatable bonds is 5.